The van der Waals surface area contributed by atoms with E-state index in [4.69, 9.17) is 14.2 Å². The molecule has 1 heterocycles. The Hall–Kier alpha value is -2.01. The Morgan fingerprint density at radius 3 is 2.55 bits per heavy atom. The molecule has 0 aliphatic heterocycles. The van der Waals surface area contributed by atoms with Crippen molar-refractivity contribution in [2.45, 2.75) is 19.4 Å². The molecule has 0 saturated heterocycles. The minimum Gasteiger partial charge on any atom is -0.496 e. The summed E-state index contributed by atoms with van der Waals surface area (Å²) in [6.07, 6.45) is 4.12. The van der Waals surface area contributed by atoms with E-state index in [9.17, 15) is 0 Å². The van der Waals surface area contributed by atoms with Crippen molar-refractivity contribution < 1.29 is 14.2 Å². The molecule has 1 aromatic carbocycles. The first-order valence-electron chi connectivity index (χ1n) is 6.45. The second-order valence-corrected chi connectivity index (χ2v) is 4.48. The van der Waals surface area contributed by atoms with Crippen molar-refractivity contribution in [3.63, 3.8) is 0 Å². The quantitative estimate of drug-likeness (QED) is 0.881. The minimum absolute atomic E-state index is 0.0474. The van der Waals surface area contributed by atoms with Crippen LogP contribution in [0.3, 0.4) is 0 Å². The molecule has 1 atom stereocenters. The van der Waals surface area contributed by atoms with Crippen molar-refractivity contribution in [3.8, 4) is 11.5 Å². The third kappa shape index (κ3) is 2.77. The van der Waals surface area contributed by atoms with E-state index in [1.54, 1.807) is 27.7 Å². The molecule has 5 heteroatoms. The van der Waals surface area contributed by atoms with Crippen molar-refractivity contribution in [3.05, 3.63) is 41.5 Å². The number of hydrogen-bond donors (Lipinski definition) is 1. The second-order valence-electron chi connectivity index (χ2n) is 4.48. The van der Waals surface area contributed by atoms with Gasteiger partial charge in [-0.2, -0.15) is 0 Å². The standard InChI is InChI=1S/C15H20N2O3/c1-10(18-2)12-5-6-14(19-3)13(15(12)20-4)7-11-8-16-9-17-11/h5-6,8-10H,7H2,1-4H3,(H,16,17). The predicted molar refractivity (Wildman–Crippen MR) is 76.4 cm³/mol. The van der Waals surface area contributed by atoms with E-state index >= 15 is 0 Å². The summed E-state index contributed by atoms with van der Waals surface area (Å²) in [5.41, 5.74) is 2.91. The monoisotopic (exact) mass is 276 g/mol. The number of nitrogens with zero attached hydrogens (tertiary/aromatic N) is 1. The van der Waals surface area contributed by atoms with Gasteiger partial charge in [0.15, 0.2) is 0 Å². The van der Waals surface area contributed by atoms with Gasteiger partial charge in [-0.3, -0.25) is 0 Å². The first-order chi connectivity index (χ1) is 9.71. The highest BCUT2D eigenvalue weighted by Gasteiger charge is 2.19. The maximum Gasteiger partial charge on any atom is 0.131 e. The SMILES string of the molecule is COc1ccc(C(C)OC)c(OC)c1Cc1c[nH]cn1. The van der Waals surface area contributed by atoms with E-state index in [1.807, 2.05) is 25.3 Å². The fraction of sp³-hybridized carbons (Fsp3) is 0.400. The van der Waals surface area contributed by atoms with Gasteiger partial charge in [-0.15, -0.1) is 0 Å². The Morgan fingerprint density at radius 2 is 2.00 bits per heavy atom. The fourth-order valence-electron chi connectivity index (χ4n) is 2.24. The smallest absolute Gasteiger partial charge is 0.131 e. The zero-order chi connectivity index (χ0) is 14.5. The molecule has 0 aliphatic carbocycles. The van der Waals surface area contributed by atoms with Crippen LogP contribution in [-0.2, 0) is 11.2 Å². The number of rotatable bonds is 6. The average molecular weight is 276 g/mol. The second kappa shape index (κ2) is 6.43. The summed E-state index contributed by atoms with van der Waals surface area (Å²) in [5.74, 6) is 1.58. The Bertz CT molecular complexity index is 552. The number of nitrogens with one attached hydrogen (secondary N) is 1. The number of aromatic nitrogens is 2. The molecule has 0 amide bonds. The largest absolute Gasteiger partial charge is 0.496 e. The van der Waals surface area contributed by atoms with Crippen molar-refractivity contribution in [2.24, 2.45) is 0 Å². The number of imidazole rings is 1. The van der Waals surface area contributed by atoms with E-state index in [0.717, 1.165) is 28.3 Å². The molecule has 0 saturated carbocycles. The normalized spacial score (nSPS) is 12.2. The third-order valence-electron chi connectivity index (χ3n) is 3.38. The molecule has 2 aromatic rings. The molecule has 0 aliphatic rings. The molecule has 20 heavy (non-hydrogen) atoms. The highest BCUT2D eigenvalue weighted by Crippen LogP contribution is 2.37. The van der Waals surface area contributed by atoms with Crippen LogP contribution in [0.25, 0.3) is 0 Å². The van der Waals surface area contributed by atoms with Crippen molar-refractivity contribution >= 4 is 0 Å². The third-order valence-corrected chi connectivity index (χ3v) is 3.38. The van der Waals surface area contributed by atoms with Gasteiger partial charge in [0.25, 0.3) is 0 Å². The summed E-state index contributed by atoms with van der Waals surface area (Å²) >= 11 is 0. The van der Waals surface area contributed by atoms with E-state index < -0.39 is 0 Å². The summed E-state index contributed by atoms with van der Waals surface area (Å²) in [5, 5.41) is 0. The van der Waals surface area contributed by atoms with E-state index in [-0.39, 0.29) is 6.10 Å². The van der Waals surface area contributed by atoms with Crippen molar-refractivity contribution in [1.29, 1.82) is 0 Å². The highest BCUT2D eigenvalue weighted by molar-refractivity contribution is 5.52. The number of aromatic amines is 1. The molecular weight excluding hydrogens is 256 g/mol. The van der Waals surface area contributed by atoms with Crippen LogP contribution in [0, 0.1) is 0 Å². The van der Waals surface area contributed by atoms with Crippen LogP contribution < -0.4 is 9.47 Å². The van der Waals surface area contributed by atoms with Gasteiger partial charge >= 0.3 is 0 Å². The van der Waals surface area contributed by atoms with Gasteiger partial charge < -0.3 is 19.2 Å². The Labute approximate surface area is 118 Å². The number of methoxy groups -OCH3 is 3. The van der Waals surface area contributed by atoms with Gasteiger partial charge in [-0.05, 0) is 19.1 Å². The zero-order valence-corrected chi connectivity index (χ0v) is 12.3. The Balaban J connectivity index is 2.49. The van der Waals surface area contributed by atoms with Crippen LogP contribution in [0.2, 0.25) is 0 Å². The highest BCUT2D eigenvalue weighted by atomic mass is 16.5. The molecule has 2 rings (SSSR count). The van der Waals surface area contributed by atoms with Crippen LogP contribution in [0.5, 0.6) is 11.5 Å². The van der Waals surface area contributed by atoms with Crippen LogP contribution >= 0.6 is 0 Å². The molecule has 5 nitrogen and oxygen atoms in total. The number of hydrogen-bond acceptors (Lipinski definition) is 4. The molecule has 0 bridgehead atoms. The van der Waals surface area contributed by atoms with Gasteiger partial charge in [0.1, 0.15) is 11.5 Å². The molecular formula is C15H20N2O3. The lowest BCUT2D eigenvalue weighted by Crippen LogP contribution is -2.05. The summed E-state index contributed by atoms with van der Waals surface area (Å²) in [4.78, 5) is 7.22. The summed E-state index contributed by atoms with van der Waals surface area (Å²) in [6, 6.07) is 3.91. The lowest BCUT2D eigenvalue weighted by molar-refractivity contribution is 0.116. The maximum atomic E-state index is 5.59. The molecule has 0 fully saturated rings. The molecule has 1 unspecified atom stereocenters. The van der Waals surface area contributed by atoms with E-state index in [1.165, 1.54) is 0 Å². The van der Waals surface area contributed by atoms with Crippen molar-refractivity contribution in [2.75, 3.05) is 21.3 Å². The van der Waals surface area contributed by atoms with Crippen LogP contribution in [-0.4, -0.2) is 31.3 Å². The lowest BCUT2D eigenvalue weighted by Gasteiger charge is -2.19. The average Bonchev–Trinajstić information content (AvgIpc) is 2.98. The topological polar surface area (TPSA) is 56.4 Å². The predicted octanol–water partition coefficient (Wildman–Crippen LogP) is 2.73. The fourth-order valence-corrected chi connectivity index (χ4v) is 2.24. The maximum absolute atomic E-state index is 5.59. The van der Waals surface area contributed by atoms with E-state index in [0.29, 0.717) is 6.42 Å². The van der Waals surface area contributed by atoms with Gasteiger partial charge in [0.05, 0.1) is 32.3 Å². The first-order valence-corrected chi connectivity index (χ1v) is 6.45. The lowest BCUT2D eigenvalue weighted by atomic mass is 10.0. The minimum atomic E-state index is -0.0474. The van der Waals surface area contributed by atoms with Gasteiger partial charge in [-0.25, -0.2) is 4.98 Å². The van der Waals surface area contributed by atoms with Crippen LogP contribution in [0.15, 0.2) is 24.7 Å². The van der Waals surface area contributed by atoms with Crippen LogP contribution in [0.1, 0.15) is 29.8 Å². The van der Waals surface area contributed by atoms with Crippen LogP contribution in [0.4, 0.5) is 0 Å². The zero-order valence-electron chi connectivity index (χ0n) is 12.3. The van der Waals surface area contributed by atoms with Gasteiger partial charge in [0.2, 0.25) is 0 Å². The first kappa shape index (κ1) is 14.4. The summed E-state index contributed by atoms with van der Waals surface area (Å²) in [7, 11) is 5.00. The summed E-state index contributed by atoms with van der Waals surface area (Å²) < 4.78 is 16.4. The van der Waals surface area contributed by atoms with Gasteiger partial charge in [0, 0.05) is 30.9 Å². The molecule has 108 valence electrons. The number of benzene rings is 1. The van der Waals surface area contributed by atoms with Gasteiger partial charge in [-0.1, -0.05) is 0 Å². The molecule has 1 aromatic heterocycles. The number of H-pyrrole nitrogens is 1. The Kier molecular flexibility index (Phi) is 4.63. The number of ether oxygens (including phenoxy) is 3. The summed E-state index contributed by atoms with van der Waals surface area (Å²) in [6.45, 7) is 1.99. The molecule has 0 spiro atoms. The molecule has 1 N–H and O–H groups in total. The van der Waals surface area contributed by atoms with Crippen molar-refractivity contribution in [1.82, 2.24) is 9.97 Å². The molecule has 0 radical (unpaired) electrons. The Morgan fingerprint density at radius 1 is 1.20 bits per heavy atom. The van der Waals surface area contributed by atoms with E-state index in [2.05, 4.69) is 9.97 Å².